The van der Waals surface area contributed by atoms with E-state index in [9.17, 15) is 9.59 Å². The Bertz CT molecular complexity index is 565. The molecule has 0 radical (unpaired) electrons. The number of carbonyl (C=O) groups is 2. The lowest BCUT2D eigenvalue weighted by Crippen LogP contribution is -2.57. The van der Waals surface area contributed by atoms with Crippen molar-refractivity contribution in [3.05, 3.63) is 28.2 Å². The lowest BCUT2D eigenvalue weighted by molar-refractivity contribution is -0.132. The zero-order chi connectivity index (χ0) is 13.3. The highest BCUT2D eigenvalue weighted by molar-refractivity contribution is 9.10. The maximum absolute atomic E-state index is 11.6. The normalized spacial score (nSPS) is 19.4. The highest BCUT2D eigenvalue weighted by Crippen LogP contribution is 2.26. The van der Waals surface area contributed by atoms with Gasteiger partial charge in [0.05, 0.1) is 17.8 Å². The van der Waals surface area contributed by atoms with Gasteiger partial charge >= 0.3 is 0 Å². The van der Waals surface area contributed by atoms with Gasteiger partial charge in [0.15, 0.2) is 0 Å². The maximum atomic E-state index is 11.6. The van der Waals surface area contributed by atoms with Crippen molar-refractivity contribution in [2.45, 2.75) is 13.0 Å². The number of nitrogens with zero attached hydrogens (tertiary/aromatic N) is 2. The fourth-order valence-electron chi connectivity index (χ4n) is 1.86. The number of nitrogens with one attached hydrogen (secondary N) is 1. The van der Waals surface area contributed by atoms with Crippen molar-refractivity contribution >= 4 is 33.4 Å². The average molecular weight is 308 g/mol. The molecule has 1 N–H and O–H groups in total. The summed E-state index contributed by atoms with van der Waals surface area (Å²) in [5, 5.41) is 11.4. The first-order valence-electron chi connectivity index (χ1n) is 5.33. The minimum Gasteiger partial charge on any atom is -0.349 e. The number of anilines is 1. The Labute approximate surface area is 113 Å². The number of imide groups is 1. The highest BCUT2D eigenvalue weighted by Gasteiger charge is 2.31. The Morgan fingerprint density at radius 1 is 1.50 bits per heavy atom. The van der Waals surface area contributed by atoms with Crippen molar-refractivity contribution in [1.82, 2.24) is 5.32 Å². The van der Waals surface area contributed by atoms with Crippen LogP contribution in [-0.4, -0.2) is 24.4 Å². The fraction of sp³-hybridized carbons (Fsp3) is 0.250. The zero-order valence-corrected chi connectivity index (χ0v) is 11.2. The molecule has 5 nitrogen and oxygen atoms in total. The molecule has 1 aromatic carbocycles. The molecule has 18 heavy (non-hydrogen) atoms. The van der Waals surface area contributed by atoms with Gasteiger partial charge in [-0.05, 0) is 25.1 Å². The first-order valence-corrected chi connectivity index (χ1v) is 6.12. The van der Waals surface area contributed by atoms with Crippen molar-refractivity contribution in [2.75, 3.05) is 11.4 Å². The minimum atomic E-state index is -0.476. The molecule has 1 aromatic rings. The van der Waals surface area contributed by atoms with E-state index in [1.165, 1.54) is 0 Å². The standard InChI is InChI=1S/C12H10BrN3O2/c1-7-12(18)15-11(17)6-16(7)10-3-2-9(13)4-8(10)5-14/h2-4,7H,6H2,1H3,(H,15,17,18). The number of benzene rings is 1. The summed E-state index contributed by atoms with van der Waals surface area (Å²) in [7, 11) is 0. The minimum absolute atomic E-state index is 0.0726. The lowest BCUT2D eigenvalue weighted by atomic mass is 10.1. The van der Waals surface area contributed by atoms with Crippen LogP contribution < -0.4 is 10.2 Å². The molecule has 92 valence electrons. The smallest absolute Gasteiger partial charge is 0.249 e. The van der Waals surface area contributed by atoms with Crippen molar-refractivity contribution in [3.8, 4) is 6.07 Å². The highest BCUT2D eigenvalue weighted by atomic mass is 79.9. The van der Waals surface area contributed by atoms with Crippen LogP contribution in [0.25, 0.3) is 0 Å². The van der Waals surface area contributed by atoms with E-state index >= 15 is 0 Å². The summed E-state index contributed by atoms with van der Waals surface area (Å²) in [5.74, 6) is -0.706. The molecule has 0 saturated carbocycles. The second kappa shape index (κ2) is 4.78. The Balaban J connectivity index is 2.44. The topological polar surface area (TPSA) is 73.2 Å². The van der Waals surface area contributed by atoms with Gasteiger partial charge in [0.1, 0.15) is 12.1 Å². The maximum Gasteiger partial charge on any atom is 0.249 e. The number of hydrogen-bond donors (Lipinski definition) is 1. The monoisotopic (exact) mass is 307 g/mol. The molecule has 6 heteroatoms. The third kappa shape index (κ3) is 2.22. The van der Waals surface area contributed by atoms with Gasteiger partial charge in [-0.3, -0.25) is 14.9 Å². The van der Waals surface area contributed by atoms with E-state index in [1.54, 1.807) is 30.0 Å². The van der Waals surface area contributed by atoms with Gasteiger partial charge in [0.25, 0.3) is 0 Å². The molecule has 0 bridgehead atoms. The van der Waals surface area contributed by atoms with Crippen LogP contribution in [0.2, 0.25) is 0 Å². The molecule has 2 rings (SSSR count). The molecule has 1 fully saturated rings. The summed E-state index contributed by atoms with van der Waals surface area (Å²) >= 11 is 3.28. The number of carbonyl (C=O) groups excluding carboxylic acids is 2. The second-order valence-corrected chi connectivity index (χ2v) is 4.91. The van der Waals surface area contributed by atoms with Crippen LogP contribution in [0.15, 0.2) is 22.7 Å². The third-order valence-corrected chi connectivity index (χ3v) is 3.31. The number of piperazine rings is 1. The van der Waals surface area contributed by atoms with E-state index in [-0.39, 0.29) is 18.4 Å². The average Bonchev–Trinajstić information content (AvgIpc) is 2.34. The predicted octanol–water partition coefficient (Wildman–Crippen LogP) is 1.17. The van der Waals surface area contributed by atoms with Crippen molar-refractivity contribution in [1.29, 1.82) is 5.26 Å². The summed E-state index contributed by atoms with van der Waals surface area (Å²) in [5.41, 5.74) is 1.02. The molecule has 0 aromatic heterocycles. The van der Waals surface area contributed by atoms with Crippen LogP contribution in [0.5, 0.6) is 0 Å². The van der Waals surface area contributed by atoms with Crippen LogP contribution in [-0.2, 0) is 9.59 Å². The SMILES string of the molecule is CC1C(=O)NC(=O)CN1c1ccc(Br)cc1C#N. The van der Waals surface area contributed by atoms with Gasteiger partial charge in [-0.15, -0.1) is 0 Å². The van der Waals surface area contributed by atoms with E-state index in [4.69, 9.17) is 5.26 Å². The van der Waals surface area contributed by atoms with E-state index < -0.39 is 6.04 Å². The Kier molecular flexibility index (Phi) is 3.34. The number of nitriles is 1. The van der Waals surface area contributed by atoms with E-state index in [0.29, 0.717) is 11.3 Å². The molecule has 0 spiro atoms. The van der Waals surface area contributed by atoms with Gasteiger partial charge in [-0.2, -0.15) is 5.26 Å². The predicted molar refractivity (Wildman–Crippen MR) is 68.8 cm³/mol. The van der Waals surface area contributed by atoms with Gasteiger partial charge in [-0.1, -0.05) is 15.9 Å². The molecule has 0 aliphatic carbocycles. The molecular weight excluding hydrogens is 298 g/mol. The van der Waals surface area contributed by atoms with Crippen LogP contribution in [0.4, 0.5) is 5.69 Å². The second-order valence-electron chi connectivity index (χ2n) is 3.99. The summed E-state index contributed by atoms with van der Waals surface area (Å²) < 4.78 is 0.781. The van der Waals surface area contributed by atoms with Gasteiger partial charge in [0.2, 0.25) is 11.8 Å². The van der Waals surface area contributed by atoms with Gasteiger partial charge in [-0.25, -0.2) is 0 Å². The van der Waals surface area contributed by atoms with Gasteiger partial charge in [0, 0.05) is 4.47 Å². The van der Waals surface area contributed by atoms with Crippen molar-refractivity contribution in [3.63, 3.8) is 0 Å². The van der Waals surface area contributed by atoms with Crippen molar-refractivity contribution < 1.29 is 9.59 Å². The quantitative estimate of drug-likeness (QED) is 0.791. The van der Waals surface area contributed by atoms with E-state index in [0.717, 1.165) is 4.47 Å². The van der Waals surface area contributed by atoms with E-state index in [2.05, 4.69) is 27.3 Å². The number of hydrogen-bond acceptors (Lipinski definition) is 4. The van der Waals surface area contributed by atoms with Crippen LogP contribution in [0.3, 0.4) is 0 Å². The fourth-order valence-corrected chi connectivity index (χ4v) is 2.22. The van der Waals surface area contributed by atoms with Crippen LogP contribution >= 0.6 is 15.9 Å². The number of rotatable bonds is 1. The third-order valence-electron chi connectivity index (χ3n) is 2.81. The molecule has 1 atom stereocenters. The molecule has 2 amide bonds. The Hall–Kier alpha value is -1.87. The Morgan fingerprint density at radius 2 is 2.22 bits per heavy atom. The Morgan fingerprint density at radius 3 is 2.89 bits per heavy atom. The van der Waals surface area contributed by atoms with Crippen molar-refractivity contribution in [2.24, 2.45) is 0 Å². The summed E-state index contributed by atoms with van der Waals surface area (Å²) in [6, 6.07) is 6.76. The number of amides is 2. The van der Waals surface area contributed by atoms with Crippen LogP contribution in [0, 0.1) is 11.3 Å². The summed E-state index contributed by atoms with van der Waals surface area (Å²) in [6.45, 7) is 1.77. The van der Waals surface area contributed by atoms with Crippen LogP contribution in [0.1, 0.15) is 12.5 Å². The molecular formula is C12H10BrN3O2. The first-order chi connectivity index (χ1) is 8.52. The summed E-state index contributed by atoms with van der Waals surface area (Å²) in [6.07, 6.45) is 0. The van der Waals surface area contributed by atoms with E-state index in [1.807, 2.05) is 0 Å². The summed E-state index contributed by atoms with van der Waals surface area (Å²) in [4.78, 5) is 24.6. The largest absolute Gasteiger partial charge is 0.349 e. The zero-order valence-electron chi connectivity index (χ0n) is 9.61. The first kappa shape index (κ1) is 12.6. The number of halogens is 1. The molecule has 1 heterocycles. The lowest BCUT2D eigenvalue weighted by Gasteiger charge is -2.34. The molecule has 1 aliphatic rings. The van der Waals surface area contributed by atoms with Gasteiger partial charge < -0.3 is 4.90 Å². The molecule has 1 aliphatic heterocycles. The molecule has 1 saturated heterocycles. The molecule has 1 unspecified atom stereocenters.